The van der Waals surface area contributed by atoms with Crippen LogP contribution < -0.4 is 11.1 Å². The fourth-order valence-electron chi connectivity index (χ4n) is 5.20. The van der Waals surface area contributed by atoms with E-state index in [1.54, 1.807) is 17.3 Å². The first-order valence-corrected chi connectivity index (χ1v) is 15.7. The number of amides is 1. The zero-order valence-electron chi connectivity index (χ0n) is 21.7. The standard InChI is InChI=1S/C27H36N4O5S2/c1-3-6-25(37(33)34)29-16-18-7-5-8-20(13-18)21-14-22-24(17-30-26(22)23(15-21)27(28)32)19-9-11-31(12-10-19)38(35,36)4-2/h5,7-8,13-15,17,19,25,29-30H,3-4,6,9-12,16H2,1-2H3,(H2,28,32)(H,33,34)/p-1. The van der Waals surface area contributed by atoms with Gasteiger partial charge >= 0.3 is 0 Å². The summed E-state index contributed by atoms with van der Waals surface area (Å²) in [4.78, 5) is 15.6. The van der Waals surface area contributed by atoms with Crippen molar-refractivity contribution < 1.29 is 22.0 Å². The van der Waals surface area contributed by atoms with Gasteiger partial charge in [0, 0.05) is 31.2 Å². The van der Waals surface area contributed by atoms with Crippen LogP contribution in [0, 0.1) is 0 Å². The number of carbonyl (C=O) groups is 1. The second kappa shape index (κ2) is 12.1. The van der Waals surface area contributed by atoms with E-state index in [1.165, 1.54) is 0 Å². The van der Waals surface area contributed by atoms with E-state index in [9.17, 15) is 22.0 Å². The van der Waals surface area contributed by atoms with Gasteiger partial charge in [0.25, 0.3) is 5.91 Å². The summed E-state index contributed by atoms with van der Waals surface area (Å²) in [5.74, 6) is -0.284. The normalized spacial score (nSPS) is 17.0. The Hall–Kier alpha value is -2.57. The van der Waals surface area contributed by atoms with Crippen LogP contribution >= 0.6 is 0 Å². The third kappa shape index (κ3) is 6.18. The Morgan fingerprint density at radius 1 is 1.21 bits per heavy atom. The van der Waals surface area contributed by atoms with E-state index in [-0.39, 0.29) is 11.7 Å². The molecule has 1 aromatic heterocycles. The van der Waals surface area contributed by atoms with E-state index in [2.05, 4.69) is 10.3 Å². The predicted octanol–water partition coefficient (Wildman–Crippen LogP) is 3.56. The van der Waals surface area contributed by atoms with E-state index in [4.69, 9.17) is 5.73 Å². The Balaban J connectivity index is 1.64. The predicted molar refractivity (Wildman–Crippen MR) is 150 cm³/mol. The number of nitrogens with one attached hydrogen (secondary N) is 2. The van der Waals surface area contributed by atoms with Crippen LogP contribution in [0.15, 0.2) is 42.6 Å². The number of aromatic nitrogens is 1. The molecule has 0 bridgehead atoms. The van der Waals surface area contributed by atoms with Crippen molar-refractivity contribution in [3.05, 3.63) is 59.3 Å². The largest absolute Gasteiger partial charge is 0.771 e. The number of sulfonamides is 1. The van der Waals surface area contributed by atoms with Gasteiger partial charge in [0.05, 0.1) is 22.2 Å². The first-order valence-electron chi connectivity index (χ1n) is 13.0. The molecule has 11 heteroatoms. The molecule has 0 radical (unpaired) electrons. The van der Waals surface area contributed by atoms with Crippen LogP contribution in [0.3, 0.4) is 0 Å². The molecule has 0 aliphatic carbocycles. The van der Waals surface area contributed by atoms with Gasteiger partial charge in [-0.25, -0.2) is 12.7 Å². The molecule has 2 heterocycles. The SMILES string of the molecule is CCCC(NCc1cccc(-c2cc(C(N)=O)c3[nH]cc(C4CCN(S(=O)(=O)CC)CC4)c3c2)c1)S(=O)[O-]. The Bertz CT molecular complexity index is 1430. The Labute approximate surface area is 226 Å². The van der Waals surface area contributed by atoms with Gasteiger partial charge in [-0.15, -0.1) is 0 Å². The molecule has 4 N–H and O–H groups in total. The number of benzene rings is 2. The highest BCUT2D eigenvalue weighted by Crippen LogP contribution is 2.37. The van der Waals surface area contributed by atoms with Crippen LogP contribution in [-0.2, 0) is 27.6 Å². The average Bonchev–Trinajstić information content (AvgIpc) is 3.34. The molecule has 1 fully saturated rings. The number of hydrogen-bond donors (Lipinski definition) is 3. The molecule has 4 rings (SSSR count). The molecule has 9 nitrogen and oxygen atoms in total. The molecule has 1 saturated heterocycles. The molecule has 38 heavy (non-hydrogen) atoms. The van der Waals surface area contributed by atoms with Crippen LogP contribution in [0.4, 0.5) is 0 Å². The highest BCUT2D eigenvalue weighted by molar-refractivity contribution is 7.89. The van der Waals surface area contributed by atoms with Crippen molar-refractivity contribution in [1.29, 1.82) is 0 Å². The van der Waals surface area contributed by atoms with E-state index < -0.39 is 32.4 Å². The monoisotopic (exact) mass is 559 g/mol. The van der Waals surface area contributed by atoms with Crippen molar-refractivity contribution in [1.82, 2.24) is 14.6 Å². The lowest BCUT2D eigenvalue weighted by molar-refractivity contribution is 0.100. The first-order chi connectivity index (χ1) is 18.1. The van der Waals surface area contributed by atoms with Crippen molar-refractivity contribution in [3.8, 4) is 11.1 Å². The number of rotatable bonds is 11. The minimum atomic E-state index is -3.21. The number of primary amides is 1. The Morgan fingerprint density at radius 3 is 2.58 bits per heavy atom. The number of fused-ring (bicyclic) bond motifs is 1. The molecule has 2 atom stereocenters. The summed E-state index contributed by atoms with van der Waals surface area (Å²) in [6.45, 7) is 4.94. The lowest BCUT2D eigenvalue weighted by Gasteiger charge is -2.31. The van der Waals surface area contributed by atoms with E-state index in [0.717, 1.165) is 34.1 Å². The van der Waals surface area contributed by atoms with Crippen molar-refractivity contribution in [3.63, 3.8) is 0 Å². The van der Waals surface area contributed by atoms with Crippen LogP contribution in [0.2, 0.25) is 0 Å². The third-order valence-corrected chi connectivity index (χ3v) is 10.1. The smallest absolute Gasteiger partial charge is 0.250 e. The maximum Gasteiger partial charge on any atom is 0.250 e. The highest BCUT2D eigenvalue weighted by Gasteiger charge is 2.29. The number of nitrogens with two attached hydrogens (primary N) is 1. The van der Waals surface area contributed by atoms with Crippen LogP contribution in [0.1, 0.15) is 66.9 Å². The quantitative estimate of drug-likeness (QED) is 0.306. The van der Waals surface area contributed by atoms with Crippen LogP contribution in [0.5, 0.6) is 0 Å². The second-order valence-electron chi connectivity index (χ2n) is 9.75. The van der Waals surface area contributed by atoms with Gasteiger partial charge in [0.2, 0.25) is 10.0 Å². The van der Waals surface area contributed by atoms with Gasteiger partial charge in [-0.3, -0.25) is 9.00 Å². The topological polar surface area (TPSA) is 148 Å². The zero-order valence-corrected chi connectivity index (χ0v) is 23.4. The molecule has 2 aromatic carbocycles. The number of H-pyrrole nitrogens is 1. The minimum Gasteiger partial charge on any atom is -0.771 e. The van der Waals surface area contributed by atoms with Gasteiger partial charge in [0.15, 0.2) is 0 Å². The van der Waals surface area contributed by atoms with Crippen molar-refractivity contribution >= 4 is 37.9 Å². The fourth-order valence-corrected chi connectivity index (χ4v) is 6.98. The lowest BCUT2D eigenvalue weighted by atomic mass is 9.88. The van der Waals surface area contributed by atoms with Crippen molar-refractivity contribution in [2.24, 2.45) is 5.73 Å². The van der Waals surface area contributed by atoms with Crippen LogP contribution in [0.25, 0.3) is 22.0 Å². The van der Waals surface area contributed by atoms with Crippen LogP contribution in [-0.4, -0.2) is 56.6 Å². The number of piperidine rings is 1. The number of nitrogens with zero attached hydrogens (tertiary/aromatic N) is 1. The van der Waals surface area contributed by atoms with Crippen molar-refractivity contribution in [2.75, 3.05) is 18.8 Å². The molecule has 1 aliphatic heterocycles. The maximum absolute atomic E-state index is 12.4. The number of aromatic amines is 1. The summed E-state index contributed by atoms with van der Waals surface area (Å²) in [5.41, 5.74) is 10.5. The molecule has 0 spiro atoms. The number of carbonyl (C=O) groups excluding carboxylic acids is 1. The number of hydrogen-bond acceptors (Lipinski definition) is 6. The van der Waals surface area contributed by atoms with E-state index in [1.807, 2.05) is 43.5 Å². The lowest BCUT2D eigenvalue weighted by Crippen LogP contribution is -2.38. The second-order valence-corrected chi connectivity index (χ2v) is 13.1. The molecular formula is C27H35N4O5S2-. The van der Waals surface area contributed by atoms with E-state index in [0.29, 0.717) is 50.0 Å². The zero-order chi connectivity index (χ0) is 27.4. The van der Waals surface area contributed by atoms with Gasteiger partial charge in [0.1, 0.15) is 0 Å². The minimum absolute atomic E-state index is 0.0959. The van der Waals surface area contributed by atoms with Gasteiger partial charge in [-0.05, 0) is 83.6 Å². The summed E-state index contributed by atoms with van der Waals surface area (Å²) in [6, 6.07) is 11.6. The maximum atomic E-state index is 12.4. The van der Waals surface area contributed by atoms with Gasteiger partial charge < -0.3 is 20.6 Å². The summed E-state index contributed by atoms with van der Waals surface area (Å²) in [7, 11) is -3.21. The summed E-state index contributed by atoms with van der Waals surface area (Å²) in [6.07, 6.45) is 4.60. The van der Waals surface area contributed by atoms with Gasteiger partial charge in [-0.1, -0.05) is 31.5 Å². The molecule has 0 saturated carbocycles. The first kappa shape index (κ1) is 28.4. The third-order valence-electron chi connectivity index (χ3n) is 7.32. The van der Waals surface area contributed by atoms with Crippen molar-refractivity contribution in [2.45, 2.75) is 57.4 Å². The molecular weight excluding hydrogens is 524 g/mol. The fraction of sp³-hybridized carbons (Fsp3) is 0.444. The molecule has 206 valence electrons. The van der Waals surface area contributed by atoms with Gasteiger partial charge in [-0.2, -0.15) is 0 Å². The average molecular weight is 560 g/mol. The summed E-state index contributed by atoms with van der Waals surface area (Å²) in [5, 5.41) is 3.40. The molecule has 3 aromatic rings. The highest BCUT2D eigenvalue weighted by atomic mass is 32.2. The molecule has 2 unspecified atom stereocenters. The summed E-state index contributed by atoms with van der Waals surface area (Å²) >= 11 is -2.20. The Morgan fingerprint density at radius 2 is 1.95 bits per heavy atom. The molecule has 1 aliphatic rings. The summed E-state index contributed by atoms with van der Waals surface area (Å²) < 4.78 is 49.1. The molecule has 1 amide bonds. The Kier molecular flexibility index (Phi) is 9.04. The van der Waals surface area contributed by atoms with E-state index >= 15 is 0 Å².